The molecule has 102 heavy (non-hydrogen) atoms. The predicted octanol–water partition coefficient (Wildman–Crippen LogP) is 3.54. The molecule has 26 nitrogen and oxygen atoms in total. The summed E-state index contributed by atoms with van der Waals surface area (Å²) < 4.78 is 52.6. The highest BCUT2D eigenvalue weighted by Crippen LogP contribution is 2.82. The number of hydrogen-bond donors (Lipinski definition) is 12. The van der Waals surface area contributed by atoms with Gasteiger partial charge in [-0.2, -0.15) is 0 Å². The van der Waals surface area contributed by atoms with Gasteiger partial charge >= 0.3 is 23.9 Å². The van der Waals surface area contributed by atoms with Crippen molar-refractivity contribution in [3.8, 4) is 0 Å². The minimum absolute atomic E-state index is 0.0296. The second-order valence-electron chi connectivity index (χ2n) is 34.9. The number of carbonyl (C=O) groups is 5. The fourth-order valence-electron chi connectivity index (χ4n) is 23.4. The normalized spacial score (nSPS) is 51.2. The number of fused-ring (bicyclic) bond motifs is 8. The molecule has 30 atom stereocenters. The Labute approximate surface area is 591 Å². The van der Waals surface area contributed by atoms with Crippen molar-refractivity contribution in [3.05, 3.63) is 83.4 Å². The molecule has 19 rings (SSSR count). The molecule has 12 N–H and O–H groups in total. The van der Waals surface area contributed by atoms with E-state index in [1.165, 1.54) is 5.57 Å². The number of ketones is 1. The van der Waals surface area contributed by atoms with E-state index in [-0.39, 0.29) is 88.7 Å². The molecule has 0 spiro atoms. The molecular weight excluding hydrogens is 1330 g/mol. The lowest BCUT2D eigenvalue weighted by molar-refractivity contribution is -0.424. The third-order valence-electron chi connectivity index (χ3n) is 29.7. The van der Waals surface area contributed by atoms with E-state index in [0.29, 0.717) is 17.9 Å². The van der Waals surface area contributed by atoms with E-state index in [0.717, 1.165) is 51.4 Å². The number of ether oxygens (including phenoxy) is 9. The molecule has 0 amide bonds. The number of esters is 3. The largest absolute Gasteiger partial charge is 0.481 e. The molecule has 6 aliphatic heterocycles. The van der Waals surface area contributed by atoms with Gasteiger partial charge in [0.05, 0.1) is 47.4 Å². The van der Waals surface area contributed by atoms with Crippen LogP contribution in [-0.4, -0.2) is 225 Å². The van der Waals surface area contributed by atoms with Crippen LogP contribution in [0.2, 0.25) is 0 Å². The molecule has 1 unspecified atom stereocenters. The van der Waals surface area contributed by atoms with Crippen molar-refractivity contribution >= 4 is 29.7 Å². The third kappa shape index (κ3) is 9.93. The Morgan fingerprint density at radius 3 is 1.72 bits per heavy atom. The van der Waals surface area contributed by atoms with Crippen molar-refractivity contribution in [1.29, 1.82) is 0 Å². The van der Waals surface area contributed by atoms with Gasteiger partial charge in [-0.15, -0.1) is 0 Å². The molecule has 562 valence electrons. The number of hydrogen-bond acceptors (Lipinski definition) is 25. The van der Waals surface area contributed by atoms with Crippen molar-refractivity contribution < 1.29 is 128 Å². The average Bonchev–Trinajstić information content (AvgIpc) is 1.44. The summed E-state index contributed by atoms with van der Waals surface area (Å²) in [6, 6.07) is 16.7. The number of allylic oxidation sites excluding steroid dienone is 2. The average molecular weight is 1430 g/mol. The Kier molecular flexibility index (Phi) is 17.8. The maximum Gasteiger partial charge on any atom is 0.338 e. The lowest BCUT2D eigenvalue weighted by Crippen LogP contribution is -2.80. The molecule has 26 heteroatoms. The standard InChI is InChI=1S/C30H46O4.2C23H28O11/c1-25(2)21-8-11-30(7)23(28(21,5)10-9-22(25)32)20(31)16-18-19-17-27(4,24(33)34)13-12-26(19,3)14-15-29(18,30)6;1-20-9-22(29)13-7-23(20,32-18-16(27)15(26)14(25)12(8-24)31-18)21(13,19(33-20)34-22)10-30-17(28)11-5-3-2-4-6-11;1-21-8-13(25)12-7-23(21,33-19-17(28)16(27)15(26)14(9-24)32-19)22(12,20(30)34-21)10-31-18(29)11-5-3-2-4-6-11/h16,19,21-23,32H,8-15,17H2,1-7H3,(H,33,34);2-6,12-16,18-19,24-27,29H,7-10H2,1H3;2-6,12-17,19,24-28H,7-10H2,1H3/t19-,21-,22-,23+,26+,27-,28-,29+,30+;12-,13-,14-,15+,16-,18+,19-,20+,21+,22-,23+;12-,13+,14+,15+,16-,17+,19-,21-,22?,23-/m010/s1. The smallest absolute Gasteiger partial charge is 0.338 e. The minimum Gasteiger partial charge on any atom is -0.481 e. The van der Waals surface area contributed by atoms with E-state index in [1.807, 2.05) is 13.0 Å². The summed E-state index contributed by atoms with van der Waals surface area (Å²) in [6.07, 6.45) is -6.33. The Morgan fingerprint density at radius 2 is 1.15 bits per heavy atom. The number of rotatable bonds is 13. The Hall–Kier alpha value is -4.95. The molecular formula is C76H102O26. The zero-order valence-corrected chi connectivity index (χ0v) is 59.3. The fourth-order valence-corrected chi connectivity index (χ4v) is 23.4. The van der Waals surface area contributed by atoms with Crippen LogP contribution in [0.15, 0.2) is 72.3 Å². The van der Waals surface area contributed by atoms with Crippen LogP contribution < -0.4 is 0 Å². The van der Waals surface area contributed by atoms with Crippen LogP contribution in [0.4, 0.5) is 0 Å². The maximum absolute atomic E-state index is 14.2. The first-order chi connectivity index (χ1) is 47.8. The summed E-state index contributed by atoms with van der Waals surface area (Å²) in [4.78, 5) is 65.0. The van der Waals surface area contributed by atoms with E-state index in [1.54, 1.807) is 74.5 Å². The topological polar surface area (TPSA) is 411 Å². The van der Waals surface area contributed by atoms with Gasteiger partial charge in [-0.1, -0.05) is 83.5 Å². The number of aliphatic hydroxyl groups is 11. The van der Waals surface area contributed by atoms with Gasteiger partial charge in [0.15, 0.2) is 30.4 Å². The van der Waals surface area contributed by atoms with Gasteiger partial charge in [-0.25, -0.2) is 9.59 Å². The van der Waals surface area contributed by atoms with Gasteiger partial charge < -0.3 is 104 Å². The summed E-state index contributed by atoms with van der Waals surface area (Å²) in [5.74, 6) is -4.44. The first kappa shape index (κ1) is 73.9. The van der Waals surface area contributed by atoms with Gasteiger partial charge in [0.25, 0.3) is 0 Å². The summed E-state index contributed by atoms with van der Waals surface area (Å²) in [6.45, 7) is 17.3. The highest BCUT2D eigenvalue weighted by molar-refractivity contribution is 5.96. The lowest BCUT2D eigenvalue weighted by atomic mass is 9.33. The van der Waals surface area contributed by atoms with E-state index in [4.69, 9.17) is 42.6 Å². The van der Waals surface area contributed by atoms with Crippen molar-refractivity contribution in [2.75, 3.05) is 26.4 Å². The number of aliphatic carboxylic acids is 1. The van der Waals surface area contributed by atoms with Crippen LogP contribution in [0, 0.1) is 72.9 Å². The number of benzene rings is 2. The summed E-state index contributed by atoms with van der Waals surface area (Å²) in [7, 11) is 0. The second-order valence-corrected chi connectivity index (χ2v) is 34.9. The Morgan fingerprint density at radius 1 is 0.588 bits per heavy atom. The Balaban J connectivity index is 0.000000130. The van der Waals surface area contributed by atoms with E-state index in [2.05, 4.69) is 41.5 Å². The molecule has 2 aromatic carbocycles. The van der Waals surface area contributed by atoms with Gasteiger partial charge in [0.1, 0.15) is 89.9 Å². The monoisotopic (exact) mass is 1430 g/mol. The number of carboxylic acid groups (broad SMARTS) is 1. The van der Waals surface area contributed by atoms with Crippen LogP contribution >= 0.6 is 0 Å². The molecule has 16 fully saturated rings. The molecule has 17 aliphatic rings. The highest BCUT2D eigenvalue weighted by atomic mass is 16.8. The van der Waals surface area contributed by atoms with Crippen LogP contribution in [0.25, 0.3) is 0 Å². The molecule has 10 bridgehead atoms. The number of carboxylic acids is 1. The summed E-state index contributed by atoms with van der Waals surface area (Å²) in [5.41, 5.74) is -6.92. The van der Waals surface area contributed by atoms with E-state index < -0.39 is 174 Å². The number of carbonyl (C=O) groups excluding carboxylic acids is 4. The molecule has 6 heterocycles. The third-order valence-corrected chi connectivity index (χ3v) is 29.7. The first-order valence-electron chi connectivity index (χ1n) is 36.3. The van der Waals surface area contributed by atoms with E-state index in [9.17, 15) is 85.3 Å². The molecule has 6 saturated heterocycles. The van der Waals surface area contributed by atoms with Crippen LogP contribution in [0.5, 0.6) is 0 Å². The van der Waals surface area contributed by atoms with E-state index >= 15 is 0 Å². The van der Waals surface area contributed by atoms with Crippen LogP contribution in [0.3, 0.4) is 0 Å². The molecule has 0 radical (unpaired) electrons. The number of aliphatic hydroxyl groups excluding tert-OH is 10. The van der Waals surface area contributed by atoms with Gasteiger partial charge in [0.2, 0.25) is 0 Å². The van der Waals surface area contributed by atoms with Crippen LogP contribution in [0.1, 0.15) is 167 Å². The maximum atomic E-state index is 14.2. The summed E-state index contributed by atoms with van der Waals surface area (Å²) in [5, 5.41) is 124. The Bertz CT molecular complexity index is 3670. The quantitative estimate of drug-likeness (QED) is 0.101. The summed E-state index contributed by atoms with van der Waals surface area (Å²) >= 11 is 0. The predicted molar refractivity (Wildman–Crippen MR) is 352 cm³/mol. The second kappa shape index (κ2) is 24.5. The zero-order chi connectivity index (χ0) is 73.7. The highest BCUT2D eigenvalue weighted by Gasteiger charge is 2.95. The van der Waals surface area contributed by atoms with Crippen LogP contribution in [-0.2, 0) is 57.0 Å². The SMILES string of the molecule is CC1(C)[C@@H](O)CC[C@]2(C)[C@H]3C(=O)C=C4[C@@H]5C[C@@](C)(C(=O)O)CC[C@]5(C)CC[C@@]4(C)[C@]3(C)CC[C@@H]12.C[C@@]12C[C@@]3(O)O[C@@H](O1)[C@]1(COC(=O)c4ccccc4)[C@H]3C[C@@]12O[C@@H]1O[C@H](CO)[C@@H](O)[C@H](O)[C@H]1O.C[C@]12C[C@@H](O)[C@@H]3C[C@@]1(O[C@@H]1O[C@H](CO)[C@@H](O)[C@H](O)[C@H]1O)C3(COC(=O)c1ccccc1)C(=O)O2. The first-order valence-corrected chi connectivity index (χ1v) is 36.3. The van der Waals surface area contributed by atoms with Crippen molar-refractivity contribution in [3.63, 3.8) is 0 Å². The van der Waals surface area contributed by atoms with Crippen molar-refractivity contribution in [2.24, 2.45) is 72.9 Å². The zero-order valence-electron chi connectivity index (χ0n) is 59.3. The molecule has 10 saturated carbocycles. The van der Waals surface area contributed by atoms with Crippen molar-refractivity contribution in [1.82, 2.24) is 0 Å². The van der Waals surface area contributed by atoms with Gasteiger partial charge in [-0.3, -0.25) is 14.4 Å². The van der Waals surface area contributed by atoms with Gasteiger partial charge in [-0.05, 0) is 161 Å². The molecule has 0 aromatic heterocycles. The lowest BCUT2D eigenvalue weighted by Gasteiger charge is -2.70. The fraction of sp³-hybridized carbons (Fsp3) is 0.750. The molecule has 2 aromatic rings. The van der Waals surface area contributed by atoms with Gasteiger partial charge in [0, 0.05) is 30.6 Å². The molecule has 11 aliphatic carbocycles. The minimum atomic E-state index is -1.69. The van der Waals surface area contributed by atoms with Crippen molar-refractivity contribution in [2.45, 2.75) is 254 Å².